The zero-order valence-corrected chi connectivity index (χ0v) is 13.6. The van der Waals surface area contributed by atoms with Gasteiger partial charge in [-0.2, -0.15) is 0 Å². The Bertz CT molecular complexity index is 653. The normalized spacial score (nSPS) is 16.0. The first-order valence-corrected chi connectivity index (χ1v) is 9.30. The summed E-state index contributed by atoms with van der Waals surface area (Å²) in [6.45, 7) is 2.00. The van der Waals surface area contributed by atoms with Gasteiger partial charge in [-0.15, -0.1) is 5.06 Å². The number of fused-ring (bicyclic) bond motifs is 1. The molecule has 0 saturated heterocycles. The number of imide groups is 1. The van der Waals surface area contributed by atoms with Gasteiger partial charge in [-0.25, -0.2) is 8.42 Å². The van der Waals surface area contributed by atoms with Gasteiger partial charge in [0.25, 0.3) is 11.8 Å². The molecule has 0 radical (unpaired) electrons. The van der Waals surface area contributed by atoms with Gasteiger partial charge in [-0.1, -0.05) is 19.1 Å². The van der Waals surface area contributed by atoms with Crippen molar-refractivity contribution in [3.63, 3.8) is 0 Å². The van der Waals surface area contributed by atoms with Gasteiger partial charge >= 0.3 is 0 Å². The molecule has 1 atom stereocenters. The largest absolute Gasteiger partial charge is 0.285 e. The highest BCUT2D eigenvalue weighted by atomic mass is 35.7. The van der Waals surface area contributed by atoms with Crippen LogP contribution in [0.15, 0.2) is 24.3 Å². The number of halogens is 1. The fraction of sp³-hybridized carbons (Fsp3) is 0.429. The van der Waals surface area contributed by atoms with E-state index in [2.05, 4.69) is 0 Å². The van der Waals surface area contributed by atoms with Crippen LogP contribution in [0.3, 0.4) is 0 Å². The van der Waals surface area contributed by atoms with Crippen LogP contribution in [-0.2, 0) is 13.9 Å². The van der Waals surface area contributed by atoms with Gasteiger partial charge in [0.05, 0.1) is 23.5 Å². The molecule has 1 aliphatic heterocycles. The third-order valence-electron chi connectivity index (χ3n) is 3.44. The Hall–Kier alpha value is -1.44. The maximum atomic E-state index is 12.0. The molecule has 8 heteroatoms. The number of carbonyl (C=O) groups excluding carboxylic acids is 2. The summed E-state index contributed by atoms with van der Waals surface area (Å²) in [6, 6.07) is 6.52. The smallest absolute Gasteiger partial charge is 0.266 e. The zero-order valence-electron chi connectivity index (χ0n) is 12.0. The molecule has 1 heterocycles. The first kappa shape index (κ1) is 16.9. The van der Waals surface area contributed by atoms with E-state index in [9.17, 15) is 18.0 Å². The first-order valence-electron chi connectivity index (χ1n) is 6.82. The number of hydroxylamine groups is 2. The Morgan fingerprint density at radius 3 is 2.18 bits per heavy atom. The third-order valence-corrected chi connectivity index (χ3v) is 4.63. The molecule has 1 aliphatic rings. The fourth-order valence-electron chi connectivity index (χ4n) is 2.12. The van der Waals surface area contributed by atoms with Crippen molar-refractivity contribution in [3.05, 3.63) is 35.4 Å². The summed E-state index contributed by atoms with van der Waals surface area (Å²) in [4.78, 5) is 29.3. The molecular weight excluding hydrogens is 330 g/mol. The number of hydrogen-bond donors (Lipinski definition) is 0. The molecule has 22 heavy (non-hydrogen) atoms. The molecule has 6 nitrogen and oxygen atoms in total. The van der Waals surface area contributed by atoms with Crippen LogP contribution in [0, 0.1) is 5.92 Å². The molecule has 0 bridgehead atoms. The van der Waals surface area contributed by atoms with Crippen molar-refractivity contribution < 1.29 is 22.8 Å². The SMILES string of the molecule is CC(CCON1C(=O)c2ccccc2C1=O)CCS(=O)(=O)Cl. The summed E-state index contributed by atoms with van der Waals surface area (Å²) in [5.74, 6) is -1.01. The Balaban J connectivity index is 1.84. The van der Waals surface area contributed by atoms with Crippen molar-refractivity contribution >= 4 is 31.5 Å². The molecule has 1 unspecified atom stereocenters. The Kier molecular flexibility index (Phi) is 5.20. The van der Waals surface area contributed by atoms with E-state index >= 15 is 0 Å². The second-order valence-corrected chi connectivity index (χ2v) is 8.11. The second-order valence-electron chi connectivity index (χ2n) is 5.21. The second kappa shape index (κ2) is 6.76. The van der Waals surface area contributed by atoms with Crippen molar-refractivity contribution in [1.82, 2.24) is 5.06 Å². The van der Waals surface area contributed by atoms with Crippen LogP contribution < -0.4 is 0 Å². The first-order chi connectivity index (χ1) is 10.3. The van der Waals surface area contributed by atoms with Gasteiger partial charge in [-0.3, -0.25) is 14.4 Å². The highest BCUT2D eigenvalue weighted by Gasteiger charge is 2.36. The third kappa shape index (κ3) is 4.06. The predicted molar refractivity (Wildman–Crippen MR) is 80.9 cm³/mol. The molecule has 0 saturated carbocycles. The quantitative estimate of drug-likeness (QED) is 0.559. The lowest BCUT2D eigenvalue weighted by Crippen LogP contribution is -2.30. The van der Waals surface area contributed by atoms with Gasteiger partial charge in [-0.05, 0) is 30.9 Å². The van der Waals surface area contributed by atoms with E-state index in [4.69, 9.17) is 15.5 Å². The van der Waals surface area contributed by atoms with E-state index in [0.717, 1.165) is 5.06 Å². The van der Waals surface area contributed by atoms with Gasteiger partial charge in [0, 0.05) is 10.7 Å². The lowest BCUT2D eigenvalue weighted by atomic mass is 10.1. The van der Waals surface area contributed by atoms with E-state index in [1.54, 1.807) is 24.3 Å². The number of hydrogen-bond acceptors (Lipinski definition) is 5. The van der Waals surface area contributed by atoms with E-state index in [1.807, 2.05) is 6.92 Å². The molecule has 120 valence electrons. The summed E-state index contributed by atoms with van der Waals surface area (Å²) in [5.41, 5.74) is 0.655. The van der Waals surface area contributed by atoms with Crippen LogP contribution >= 0.6 is 10.7 Å². The summed E-state index contributed by atoms with van der Waals surface area (Å²) in [6.07, 6.45) is 0.914. The van der Waals surface area contributed by atoms with E-state index in [-0.39, 0.29) is 18.3 Å². The molecule has 2 amide bonds. The lowest BCUT2D eigenvalue weighted by molar-refractivity contribution is -0.0943. The van der Waals surface area contributed by atoms with Crippen LogP contribution in [0.25, 0.3) is 0 Å². The van der Waals surface area contributed by atoms with Crippen molar-refractivity contribution in [2.24, 2.45) is 5.92 Å². The van der Waals surface area contributed by atoms with Gasteiger partial charge in [0.1, 0.15) is 0 Å². The topological polar surface area (TPSA) is 80.8 Å². The van der Waals surface area contributed by atoms with Crippen molar-refractivity contribution in [2.75, 3.05) is 12.4 Å². The maximum absolute atomic E-state index is 12.0. The molecule has 1 aromatic carbocycles. The Morgan fingerprint density at radius 2 is 1.68 bits per heavy atom. The summed E-state index contributed by atoms with van der Waals surface area (Å²) in [7, 11) is 1.65. The number of nitrogens with zero attached hydrogens (tertiary/aromatic N) is 1. The molecule has 0 aliphatic carbocycles. The minimum Gasteiger partial charge on any atom is -0.266 e. The molecule has 0 spiro atoms. The molecule has 0 N–H and O–H groups in total. The molecule has 0 aromatic heterocycles. The summed E-state index contributed by atoms with van der Waals surface area (Å²) in [5, 5.41) is 0.760. The monoisotopic (exact) mass is 345 g/mol. The van der Waals surface area contributed by atoms with Crippen LogP contribution in [0.5, 0.6) is 0 Å². The maximum Gasteiger partial charge on any atom is 0.285 e. The zero-order chi connectivity index (χ0) is 16.3. The van der Waals surface area contributed by atoms with E-state index in [0.29, 0.717) is 24.0 Å². The highest BCUT2D eigenvalue weighted by Crippen LogP contribution is 2.23. The fourth-order valence-corrected chi connectivity index (χ4v) is 3.07. The van der Waals surface area contributed by atoms with Crippen LogP contribution in [0.1, 0.15) is 40.5 Å². The van der Waals surface area contributed by atoms with Crippen LogP contribution in [0.4, 0.5) is 0 Å². The van der Waals surface area contributed by atoms with Crippen LogP contribution in [0.2, 0.25) is 0 Å². The van der Waals surface area contributed by atoms with Gasteiger partial charge in [0.15, 0.2) is 0 Å². The molecule has 0 fully saturated rings. The number of benzene rings is 1. The minimum absolute atomic E-state index is 0.0451. The van der Waals surface area contributed by atoms with Crippen molar-refractivity contribution in [2.45, 2.75) is 19.8 Å². The Labute approximate surface area is 133 Å². The average Bonchev–Trinajstić information content (AvgIpc) is 2.70. The standard InChI is InChI=1S/C14H16ClNO5S/c1-10(7-9-22(15,19)20)6-8-21-16-13(17)11-4-2-3-5-12(11)14(16)18/h2-5,10H,6-9H2,1H3. The predicted octanol–water partition coefficient (Wildman–Crippen LogP) is 2.20. The number of amides is 2. The Morgan fingerprint density at radius 1 is 1.14 bits per heavy atom. The van der Waals surface area contributed by atoms with Gasteiger partial charge < -0.3 is 0 Å². The average molecular weight is 346 g/mol. The highest BCUT2D eigenvalue weighted by molar-refractivity contribution is 8.13. The van der Waals surface area contributed by atoms with Crippen LogP contribution in [-0.4, -0.2) is 37.7 Å². The summed E-state index contributed by atoms with van der Waals surface area (Å²) < 4.78 is 21.7. The number of carbonyl (C=O) groups is 2. The van der Waals surface area contributed by atoms with E-state index < -0.39 is 20.9 Å². The van der Waals surface area contributed by atoms with E-state index in [1.165, 1.54) is 0 Å². The number of rotatable bonds is 7. The summed E-state index contributed by atoms with van der Waals surface area (Å²) >= 11 is 0. The molecule has 2 rings (SSSR count). The van der Waals surface area contributed by atoms with Crippen molar-refractivity contribution in [3.8, 4) is 0 Å². The van der Waals surface area contributed by atoms with Gasteiger partial charge in [0.2, 0.25) is 9.05 Å². The lowest BCUT2D eigenvalue weighted by Gasteiger charge is -2.15. The minimum atomic E-state index is -3.50. The molecule has 1 aromatic rings. The van der Waals surface area contributed by atoms with Crippen molar-refractivity contribution in [1.29, 1.82) is 0 Å². The molecular formula is C14H16ClNO5S.